The van der Waals surface area contributed by atoms with Crippen LogP contribution in [-0.4, -0.2) is 34.7 Å². The molecule has 0 atom stereocenters. The monoisotopic (exact) mass is 361 g/mol. The van der Waals surface area contributed by atoms with E-state index in [0.29, 0.717) is 27.7 Å². The highest BCUT2D eigenvalue weighted by Crippen LogP contribution is 2.36. The number of hydrogen-bond acceptors (Lipinski definition) is 4. The van der Waals surface area contributed by atoms with Gasteiger partial charge in [-0.3, -0.25) is 4.98 Å². The van der Waals surface area contributed by atoms with Crippen LogP contribution in [0.15, 0.2) is 30.6 Å². The van der Waals surface area contributed by atoms with Crippen LogP contribution in [0, 0.1) is 0 Å². The Morgan fingerprint density at radius 2 is 1.08 bits per heavy atom. The summed E-state index contributed by atoms with van der Waals surface area (Å²) in [7, 11) is 0. The fourth-order valence-corrected chi connectivity index (χ4v) is 0.866. The maximum Gasteiger partial charge on any atom is 0.509 e. The van der Waals surface area contributed by atoms with E-state index < -0.39 is 29.7 Å². The molecule has 138 valence electrons. The van der Waals surface area contributed by atoms with Gasteiger partial charge in [0.1, 0.15) is 0 Å². The minimum Gasteiger partial charge on any atom is -0.419 e. The van der Waals surface area contributed by atoms with Crippen molar-refractivity contribution in [2.75, 3.05) is 0 Å². The average Bonchev–Trinajstić information content (AvgIpc) is 2.37. The van der Waals surface area contributed by atoms with E-state index in [4.69, 9.17) is 0 Å². The quantitative estimate of drug-likeness (QED) is 0.555. The minimum absolute atomic E-state index is 0.495. The van der Waals surface area contributed by atoms with Crippen LogP contribution in [0.1, 0.15) is 27.7 Å². The van der Waals surface area contributed by atoms with Crippen molar-refractivity contribution < 1.29 is 40.6 Å². The number of aromatic nitrogens is 1. The number of rotatable bonds is 2. The first-order chi connectivity index (χ1) is 10.6. The van der Waals surface area contributed by atoms with Crippen LogP contribution >= 0.6 is 0 Å². The number of hydrogen-bond donors (Lipinski definition) is 0. The maximum absolute atomic E-state index is 12.3. The Morgan fingerprint density at radius 1 is 0.750 bits per heavy atom. The Labute approximate surface area is 134 Å². The largest absolute Gasteiger partial charge is 0.509 e. The molecule has 0 radical (unpaired) electrons. The third-order valence-electron chi connectivity index (χ3n) is 2.61. The topological polar surface area (TPSA) is 48.4 Å². The van der Waals surface area contributed by atoms with Crippen LogP contribution in [0.4, 0.5) is 31.1 Å². The highest BCUT2D eigenvalue weighted by Gasteiger charge is 2.54. The summed E-state index contributed by atoms with van der Waals surface area (Å²) < 4.78 is 81.5. The summed E-state index contributed by atoms with van der Waals surface area (Å²) in [6.07, 6.45) is -8.39. The maximum atomic E-state index is 12.3. The summed E-state index contributed by atoms with van der Waals surface area (Å²) in [5, 5.41) is 0. The molecule has 0 aromatic carbocycles. The molecule has 0 unspecified atom stereocenters. The van der Waals surface area contributed by atoms with Crippen molar-refractivity contribution in [2.24, 2.45) is 0 Å². The van der Waals surface area contributed by atoms with Crippen molar-refractivity contribution in [1.29, 1.82) is 0 Å². The second kappa shape index (κ2) is 7.71. The van der Waals surface area contributed by atoms with Crippen molar-refractivity contribution in [3.05, 3.63) is 30.6 Å². The molecule has 0 spiro atoms. The normalized spacial score (nSPS) is 12.8. The van der Waals surface area contributed by atoms with E-state index in [1.165, 1.54) is 0 Å². The molecule has 0 aliphatic carbocycles. The molecule has 0 aliphatic heterocycles. The molecule has 0 saturated carbocycles. The highest BCUT2D eigenvalue weighted by molar-refractivity contribution is 5.61. The molecule has 0 bridgehead atoms. The van der Waals surface area contributed by atoms with Crippen molar-refractivity contribution in [3.63, 3.8) is 0 Å². The van der Waals surface area contributed by atoms with Gasteiger partial charge < -0.3 is 9.47 Å². The van der Waals surface area contributed by atoms with Crippen molar-refractivity contribution in [1.82, 2.24) is 4.98 Å². The van der Waals surface area contributed by atoms with Crippen molar-refractivity contribution in [3.8, 4) is 0 Å². The zero-order valence-corrected chi connectivity index (χ0v) is 13.3. The number of ether oxygens (including phenoxy) is 2. The number of alkyl halides is 6. The molecule has 1 rings (SSSR count). The molecular formula is C14H17F6NO3. The first kappa shape index (κ1) is 22.0. The van der Waals surface area contributed by atoms with E-state index in [1.807, 2.05) is 18.2 Å². The van der Waals surface area contributed by atoms with Crippen LogP contribution in [0.3, 0.4) is 0 Å². The van der Waals surface area contributed by atoms with E-state index >= 15 is 0 Å². The van der Waals surface area contributed by atoms with Crippen LogP contribution < -0.4 is 0 Å². The van der Waals surface area contributed by atoms with Gasteiger partial charge in [-0.15, -0.1) is 0 Å². The van der Waals surface area contributed by atoms with Gasteiger partial charge in [-0.2, -0.15) is 26.3 Å². The van der Waals surface area contributed by atoms with Crippen LogP contribution in [-0.2, 0) is 9.47 Å². The lowest BCUT2D eigenvalue weighted by molar-refractivity contribution is -0.273. The second-order valence-electron chi connectivity index (χ2n) is 5.49. The number of halogens is 6. The number of nitrogens with zero attached hydrogens (tertiary/aromatic N) is 1. The Balaban J connectivity index is 0.000000728. The fraction of sp³-hybridized carbons (Fsp3) is 0.571. The summed E-state index contributed by atoms with van der Waals surface area (Å²) in [6.45, 7) is 1.98. The molecule has 0 saturated heterocycles. The molecular weight excluding hydrogens is 344 g/mol. The smallest absolute Gasteiger partial charge is 0.419 e. The van der Waals surface area contributed by atoms with E-state index in [0.717, 1.165) is 0 Å². The Bertz CT molecular complexity index is 455. The molecule has 10 heteroatoms. The third-order valence-corrected chi connectivity index (χ3v) is 2.61. The summed E-state index contributed by atoms with van der Waals surface area (Å²) in [6, 6.07) is 5.72. The number of carbonyl (C=O) groups excluding carboxylic acids is 1. The molecule has 0 fully saturated rings. The van der Waals surface area contributed by atoms with Gasteiger partial charge in [0.2, 0.25) is 11.2 Å². The second-order valence-corrected chi connectivity index (χ2v) is 5.49. The molecule has 1 aromatic rings. The van der Waals surface area contributed by atoms with Gasteiger partial charge in [0.15, 0.2) is 0 Å². The van der Waals surface area contributed by atoms with Gasteiger partial charge in [0, 0.05) is 12.4 Å². The number of pyridine rings is 1. The van der Waals surface area contributed by atoms with Gasteiger partial charge in [-0.25, -0.2) is 4.79 Å². The lowest BCUT2D eigenvalue weighted by atomic mass is 10.1. The number of carbonyl (C=O) groups is 1. The molecule has 24 heavy (non-hydrogen) atoms. The highest BCUT2D eigenvalue weighted by atomic mass is 19.4. The van der Waals surface area contributed by atoms with Crippen LogP contribution in [0.2, 0.25) is 0 Å². The van der Waals surface area contributed by atoms with Crippen molar-refractivity contribution in [2.45, 2.75) is 51.2 Å². The molecule has 0 N–H and O–H groups in total. The zero-order chi connectivity index (χ0) is 19.2. The third kappa shape index (κ3) is 7.05. The summed E-state index contributed by atoms with van der Waals surface area (Å²) in [4.78, 5) is 14.7. The van der Waals surface area contributed by atoms with Gasteiger partial charge in [0.25, 0.3) is 0 Å². The summed E-state index contributed by atoms with van der Waals surface area (Å²) >= 11 is 0. The Hall–Kier alpha value is -2.00. The predicted octanol–water partition coefficient (Wildman–Crippen LogP) is 4.90. The summed E-state index contributed by atoms with van der Waals surface area (Å²) in [5.74, 6) is 0. The van der Waals surface area contributed by atoms with Crippen molar-refractivity contribution >= 4 is 6.16 Å². The minimum atomic E-state index is -4.92. The first-order valence-electron chi connectivity index (χ1n) is 6.50. The first-order valence-corrected chi connectivity index (χ1v) is 6.50. The van der Waals surface area contributed by atoms with E-state index in [9.17, 15) is 31.1 Å². The standard InChI is InChI=1S/C9H12F6O3.C5H5N/c1-6(2,8(10,11)12)17-5(16)18-7(3,4)9(13,14)15;1-2-4-6-5-3-1/h1-4H3;1-5H. The van der Waals surface area contributed by atoms with Gasteiger partial charge in [0.05, 0.1) is 0 Å². The molecule has 4 nitrogen and oxygen atoms in total. The Morgan fingerprint density at radius 3 is 1.25 bits per heavy atom. The average molecular weight is 361 g/mol. The van der Waals surface area contributed by atoms with E-state index in [1.54, 1.807) is 12.4 Å². The van der Waals surface area contributed by atoms with Gasteiger partial charge in [-0.1, -0.05) is 6.07 Å². The Kier molecular flexibility index (Phi) is 7.07. The fourth-order valence-electron chi connectivity index (χ4n) is 0.866. The van der Waals surface area contributed by atoms with Gasteiger partial charge in [-0.05, 0) is 39.8 Å². The summed E-state index contributed by atoms with van der Waals surface area (Å²) in [5.41, 5.74) is -5.88. The van der Waals surface area contributed by atoms with Gasteiger partial charge >= 0.3 is 18.5 Å². The van der Waals surface area contributed by atoms with E-state index in [-0.39, 0.29) is 0 Å². The van der Waals surface area contributed by atoms with E-state index in [2.05, 4.69) is 14.5 Å². The van der Waals surface area contributed by atoms with Crippen LogP contribution in [0.25, 0.3) is 0 Å². The molecule has 1 heterocycles. The van der Waals surface area contributed by atoms with Crippen LogP contribution in [0.5, 0.6) is 0 Å². The lowest BCUT2D eigenvalue weighted by Gasteiger charge is -2.31. The molecule has 0 aliphatic rings. The lowest BCUT2D eigenvalue weighted by Crippen LogP contribution is -2.48. The predicted molar refractivity (Wildman–Crippen MR) is 72.1 cm³/mol. The SMILES string of the molecule is CC(C)(OC(=O)OC(C)(C)C(F)(F)F)C(F)(F)F.c1ccncc1. The molecule has 0 amide bonds. The molecule has 1 aromatic heterocycles. The zero-order valence-electron chi connectivity index (χ0n) is 13.3.